The van der Waals surface area contributed by atoms with Crippen molar-refractivity contribution < 1.29 is 18.6 Å². The van der Waals surface area contributed by atoms with E-state index in [1.165, 1.54) is 24.3 Å². The summed E-state index contributed by atoms with van der Waals surface area (Å²) in [4.78, 5) is 12.3. The molecule has 122 valence electrons. The number of amides is 1. The van der Waals surface area contributed by atoms with Crippen LogP contribution >= 0.6 is 0 Å². The Bertz CT molecular complexity index is 829. The number of halogens is 1. The Labute approximate surface area is 137 Å². The van der Waals surface area contributed by atoms with Gasteiger partial charge < -0.3 is 10.1 Å². The second-order valence-corrected chi connectivity index (χ2v) is 4.88. The van der Waals surface area contributed by atoms with Crippen LogP contribution in [-0.4, -0.2) is 22.8 Å². The van der Waals surface area contributed by atoms with Gasteiger partial charge in [-0.15, -0.1) is 0 Å². The number of anilines is 1. The molecule has 0 radical (unpaired) electrons. The standard InChI is InChI=1S/C17H14FN3O3/c1-2-23-14-9-5-12(6-10-14)17(22)19-16-15(20-24-21-16)11-3-7-13(18)8-4-11/h3-10H,2H2,1H3,(H,19,21,22). The van der Waals surface area contributed by atoms with Gasteiger partial charge in [0.25, 0.3) is 5.91 Å². The number of carbonyl (C=O) groups excluding carboxylic acids is 1. The first-order chi connectivity index (χ1) is 11.7. The van der Waals surface area contributed by atoms with Gasteiger partial charge >= 0.3 is 0 Å². The Balaban J connectivity index is 1.78. The summed E-state index contributed by atoms with van der Waals surface area (Å²) in [6, 6.07) is 12.4. The third-order valence-electron chi connectivity index (χ3n) is 3.27. The van der Waals surface area contributed by atoms with Crippen molar-refractivity contribution in [3.63, 3.8) is 0 Å². The number of aromatic nitrogens is 2. The Morgan fingerprint density at radius 2 is 1.83 bits per heavy atom. The molecule has 2 aromatic carbocycles. The fourth-order valence-corrected chi connectivity index (χ4v) is 2.12. The summed E-state index contributed by atoms with van der Waals surface area (Å²) in [6.07, 6.45) is 0. The van der Waals surface area contributed by atoms with Gasteiger partial charge in [0.05, 0.1) is 6.61 Å². The molecule has 3 aromatic rings. The number of carbonyl (C=O) groups is 1. The zero-order valence-corrected chi connectivity index (χ0v) is 12.8. The molecule has 0 bridgehead atoms. The van der Waals surface area contributed by atoms with Crippen molar-refractivity contribution in [2.75, 3.05) is 11.9 Å². The first-order valence-electron chi connectivity index (χ1n) is 7.30. The molecule has 0 unspecified atom stereocenters. The molecule has 1 N–H and O–H groups in total. The number of hydrogen-bond donors (Lipinski definition) is 1. The van der Waals surface area contributed by atoms with Crippen LogP contribution in [0.5, 0.6) is 5.75 Å². The van der Waals surface area contributed by atoms with Crippen molar-refractivity contribution in [2.24, 2.45) is 0 Å². The van der Waals surface area contributed by atoms with Crippen LogP contribution in [0, 0.1) is 5.82 Å². The second kappa shape index (κ2) is 6.91. The maximum Gasteiger partial charge on any atom is 0.256 e. The highest BCUT2D eigenvalue weighted by atomic mass is 19.1. The lowest BCUT2D eigenvalue weighted by atomic mass is 10.1. The minimum absolute atomic E-state index is 0.167. The van der Waals surface area contributed by atoms with E-state index in [-0.39, 0.29) is 17.5 Å². The van der Waals surface area contributed by atoms with Crippen LogP contribution in [0.1, 0.15) is 17.3 Å². The number of nitrogens with one attached hydrogen (secondary N) is 1. The normalized spacial score (nSPS) is 10.4. The van der Waals surface area contributed by atoms with Crippen LogP contribution in [0.15, 0.2) is 53.2 Å². The van der Waals surface area contributed by atoms with Gasteiger partial charge in [-0.2, -0.15) is 0 Å². The number of benzene rings is 2. The summed E-state index contributed by atoms with van der Waals surface area (Å²) in [5.41, 5.74) is 1.35. The van der Waals surface area contributed by atoms with Crippen LogP contribution in [0.3, 0.4) is 0 Å². The number of rotatable bonds is 5. The number of nitrogens with zero attached hydrogens (tertiary/aromatic N) is 2. The molecule has 0 aliphatic rings. The Morgan fingerprint density at radius 3 is 2.50 bits per heavy atom. The van der Waals surface area contributed by atoms with Crippen molar-refractivity contribution in [3.8, 4) is 17.0 Å². The van der Waals surface area contributed by atoms with Crippen molar-refractivity contribution >= 4 is 11.7 Å². The quantitative estimate of drug-likeness (QED) is 0.776. The predicted octanol–water partition coefficient (Wildman–Crippen LogP) is 3.53. The van der Waals surface area contributed by atoms with Crippen molar-refractivity contribution in [2.45, 2.75) is 6.92 Å². The molecule has 0 atom stereocenters. The first-order valence-corrected chi connectivity index (χ1v) is 7.30. The van der Waals surface area contributed by atoms with Crippen molar-refractivity contribution in [1.29, 1.82) is 0 Å². The lowest BCUT2D eigenvalue weighted by Crippen LogP contribution is -2.12. The zero-order valence-electron chi connectivity index (χ0n) is 12.8. The molecule has 6 nitrogen and oxygen atoms in total. The largest absolute Gasteiger partial charge is 0.494 e. The molecule has 7 heteroatoms. The summed E-state index contributed by atoms with van der Waals surface area (Å²) < 4.78 is 23.0. The highest BCUT2D eigenvalue weighted by Crippen LogP contribution is 2.25. The SMILES string of the molecule is CCOc1ccc(C(=O)Nc2nonc2-c2ccc(F)cc2)cc1. The molecule has 0 fully saturated rings. The summed E-state index contributed by atoms with van der Waals surface area (Å²) >= 11 is 0. The van der Waals surface area contributed by atoms with Gasteiger partial charge in [0, 0.05) is 11.1 Å². The third kappa shape index (κ3) is 3.40. The van der Waals surface area contributed by atoms with E-state index in [2.05, 4.69) is 20.3 Å². The smallest absolute Gasteiger partial charge is 0.256 e. The molecule has 3 rings (SSSR count). The minimum atomic E-state index is -0.366. The van der Waals surface area contributed by atoms with E-state index < -0.39 is 0 Å². The molecule has 1 heterocycles. The lowest BCUT2D eigenvalue weighted by Gasteiger charge is -2.05. The van der Waals surface area contributed by atoms with E-state index in [0.29, 0.717) is 29.2 Å². The van der Waals surface area contributed by atoms with Gasteiger partial charge in [-0.05, 0) is 65.8 Å². The maximum absolute atomic E-state index is 13.0. The molecule has 1 aromatic heterocycles. The molecule has 0 aliphatic heterocycles. The molecule has 0 saturated carbocycles. The molecular weight excluding hydrogens is 313 g/mol. The fraction of sp³-hybridized carbons (Fsp3) is 0.118. The average molecular weight is 327 g/mol. The fourth-order valence-electron chi connectivity index (χ4n) is 2.12. The molecule has 0 spiro atoms. The van der Waals surface area contributed by atoms with Crippen LogP contribution in [0.25, 0.3) is 11.3 Å². The van der Waals surface area contributed by atoms with Crippen LogP contribution in [0.2, 0.25) is 0 Å². The van der Waals surface area contributed by atoms with E-state index in [9.17, 15) is 9.18 Å². The Kier molecular flexibility index (Phi) is 4.51. The van der Waals surface area contributed by atoms with Crippen LogP contribution in [-0.2, 0) is 0 Å². The van der Waals surface area contributed by atoms with Gasteiger partial charge in [-0.25, -0.2) is 9.02 Å². The van der Waals surface area contributed by atoms with E-state index in [4.69, 9.17) is 4.74 Å². The monoisotopic (exact) mass is 327 g/mol. The van der Waals surface area contributed by atoms with E-state index >= 15 is 0 Å². The lowest BCUT2D eigenvalue weighted by molar-refractivity contribution is 0.102. The van der Waals surface area contributed by atoms with E-state index in [1.54, 1.807) is 24.3 Å². The third-order valence-corrected chi connectivity index (χ3v) is 3.27. The van der Waals surface area contributed by atoms with Gasteiger partial charge in [0.2, 0.25) is 5.82 Å². The van der Waals surface area contributed by atoms with Gasteiger partial charge in [-0.3, -0.25) is 4.79 Å². The topological polar surface area (TPSA) is 77.2 Å². The molecule has 1 amide bonds. The molecular formula is C17H14FN3O3. The molecule has 24 heavy (non-hydrogen) atoms. The van der Waals surface area contributed by atoms with Gasteiger partial charge in [-0.1, -0.05) is 0 Å². The minimum Gasteiger partial charge on any atom is -0.494 e. The van der Waals surface area contributed by atoms with E-state index in [0.717, 1.165) is 0 Å². The number of ether oxygens (including phenoxy) is 1. The number of hydrogen-bond acceptors (Lipinski definition) is 5. The summed E-state index contributed by atoms with van der Waals surface area (Å²) in [5, 5.41) is 10.1. The Hall–Kier alpha value is -3.22. The molecule has 0 aliphatic carbocycles. The Morgan fingerprint density at radius 1 is 1.12 bits per heavy atom. The van der Waals surface area contributed by atoms with Crippen LogP contribution in [0.4, 0.5) is 10.2 Å². The van der Waals surface area contributed by atoms with Gasteiger partial charge in [0.15, 0.2) is 5.69 Å². The first kappa shape index (κ1) is 15.7. The highest BCUT2D eigenvalue weighted by molar-refractivity contribution is 6.05. The molecule has 0 saturated heterocycles. The predicted molar refractivity (Wildman–Crippen MR) is 85.3 cm³/mol. The zero-order chi connectivity index (χ0) is 16.9. The van der Waals surface area contributed by atoms with Gasteiger partial charge in [0.1, 0.15) is 11.6 Å². The van der Waals surface area contributed by atoms with Crippen molar-refractivity contribution in [3.05, 3.63) is 59.9 Å². The summed E-state index contributed by atoms with van der Waals surface area (Å²) in [7, 11) is 0. The summed E-state index contributed by atoms with van der Waals surface area (Å²) in [5.74, 6) is 0.122. The van der Waals surface area contributed by atoms with Crippen molar-refractivity contribution in [1.82, 2.24) is 10.3 Å². The average Bonchev–Trinajstić information content (AvgIpc) is 3.04. The highest BCUT2D eigenvalue weighted by Gasteiger charge is 2.16. The van der Waals surface area contributed by atoms with E-state index in [1.807, 2.05) is 6.92 Å². The summed E-state index contributed by atoms with van der Waals surface area (Å²) in [6.45, 7) is 2.44. The maximum atomic E-state index is 13.0. The van der Waals surface area contributed by atoms with Crippen LogP contribution < -0.4 is 10.1 Å². The second-order valence-electron chi connectivity index (χ2n) is 4.88.